The minimum Gasteiger partial charge on any atom is -0.479 e. The summed E-state index contributed by atoms with van der Waals surface area (Å²) in [6.45, 7) is 1.92. The molecule has 6 heteroatoms. The van der Waals surface area contributed by atoms with Crippen molar-refractivity contribution < 1.29 is 19.8 Å². The molecule has 0 aromatic heterocycles. The van der Waals surface area contributed by atoms with E-state index in [0.717, 1.165) is 10.0 Å². The van der Waals surface area contributed by atoms with Gasteiger partial charge in [0.05, 0.1) is 0 Å². The molecule has 1 atom stereocenters. The van der Waals surface area contributed by atoms with Gasteiger partial charge in [-0.1, -0.05) is 22.0 Å². The largest absolute Gasteiger partial charge is 0.479 e. The first-order chi connectivity index (χ1) is 8.43. The minimum absolute atomic E-state index is 0.0197. The lowest BCUT2D eigenvalue weighted by atomic mass is 10.1. The van der Waals surface area contributed by atoms with E-state index in [4.69, 9.17) is 10.2 Å². The molecule has 98 valence electrons. The number of aliphatic hydroxyl groups is 1. The molecule has 0 fully saturated rings. The summed E-state index contributed by atoms with van der Waals surface area (Å²) in [6, 6.07) is 5.27. The zero-order valence-electron chi connectivity index (χ0n) is 9.81. The molecule has 0 spiro atoms. The Labute approximate surface area is 113 Å². The normalized spacial score (nSPS) is 11.9. The molecule has 18 heavy (non-hydrogen) atoms. The van der Waals surface area contributed by atoms with Crippen LogP contribution in [0.5, 0.6) is 0 Å². The van der Waals surface area contributed by atoms with Gasteiger partial charge in [-0.2, -0.15) is 0 Å². The van der Waals surface area contributed by atoms with Crippen molar-refractivity contribution in [3.05, 3.63) is 33.8 Å². The Balaban J connectivity index is 2.56. The number of aliphatic carboxylic acids is 1. The number of benzene rings is 1. The second kappa shape index (κ2) is 6.51. The predicted octanol–water partition coefficient (Wildman–Crippen LogP) is 1.32. The van der Waals surface area contributed by atoms with Crippen molar-refractivity contribution in [2.24, 2.45) is 0 Å². The Kier molecular flexibility index (Phi) is 5.30. The zero-order valence-corrected chi connectivity index (χ0v) is 11.4. The van der Waals surface area contributed by atoms with E-state index in [-0.39, 0.29) is 18.9 Å². The highest BCUT2D eigenvalue weighted by molar-refractivity contribution is 9.10. The fourth-order valence-electron chi connectivity index (χ4n) is 1.39. The first-order valence-electron chi connectivity index (χ1n) is 5.37. The molecule has 0 saturated carbocycles. The molecule has 1 aromatic carbocycles. The fraction of sp³-hybridized carbons (Fsp3) is 0.333. The summed E-state index contributed by atoms with van der Waals surface area (Å²) in [5, 5.41) is 20.1. The smallest absolute Gasteiger partial charge is 0.332 e. The third kappa shape index (κ3) is 3.82. The lowest BCUT2D eigenvalue weighted by Crippen LogP contribution is -2.30. The van der Waals surface area contributed by atoms with Crippen LogP contribution in [0.1, 0.15) is 22.3 Å². The van der Waals surface area contributed by atoms with Crippen molar-refractivity contribution in [1.82, 2.24) is 5.32 Å². The van der Waals surface area contributed by atoms with Crippen LogP contribution in [0.2, 0.25) is 0 Å². The number of carboxylic acid groups (broad SMARTS) is 1. The highest BCUT2D eigenvalue weighted by Crippen LogP contribution is 2.19. The summed E-state index contributed by atoms with van der Waals surface area (Å²) in [6.07, 6.45) is -1.47. The summed E-state index contributed by atoms with van der Waals surface area (Å²) in [7, 11) is 0. The van der Waals surface area contributed by atoms with Crippen LogP contribution in [-0.4, -0.2) is 34.7 Å². The van der Waals surface area contributed by atoms with Crippen molar-refractivity contribution >= 4 is 27.8 Å². The number of rotatable bonds is 5. The van der Waals surface area contributed by atoms with E-state index >= 15 is 0 Å². The van der Waals surface area contributed by atoms with Gasteiger partial charge in [-0.25, -0.2) is 4.79 Å². The summed E-state index contributed by atoms with van der Waals surface area (Å²) in [5.74, 6) is -1.57. The molecule has 1 amide bonds. The quantitative estimate of drug-likeness (QED) is 0.765. The third-order valence-corrected chi connectivity index (χ3v) is 3.36. The monoisotopic (exact) mass is 315 g/mol. The van der Waals surface area contributed by atoms with Crippen molar-refractivity contribution in [3.8, 4) is 0 Å². The van der Waals surface area contributed by atoms with Gasteiger partial charge in [-0.3, -0.25) is 4.79 Å². The number of aliphatic hydroxyl groups excluding tert-OH is 1. The number of halogens is 1. The summed E-state index contributed by atoms with van der Waals surface area (Å²) in [5.41, 5.74) is 1.34. The predicted molar refractivity (Wildman–Crippen MR) is 69.5 cm³/mol. The number of hydrogen-bond donors (Lipinski definition) is 3. The molecule has 1 unspecified atom stereocenters. The van der Waals surface area contributed by atoms with Gasteiger partial charge in [0.1, 0.15) is 0 Å². The van der Waals surface area contributed by atoms with Crippen molar-refractivity contribution in [3.63, 3.8) is 0 Å². The van der Waals surface area contributed by atoms with Crippen LogP contribution in [0, 0.1) is 6.92 Å². The zero-order chi connectivity index (χ0) is 13.7. The maximum absolute atomic E-state index is 11.8. The Hall–Kier alpha value is -1.40. The van der Waals surface area contributed by atoms with E-state index in [0.29, 0.717) is 5.56 Å². The Morgan fingerprint density at radius 3 is 2.72 bits per heavy atom. The minimum atomic E-state index is -1.45. The first-order valence-corrected chi connectivity index (χ1v) is 6.17. The SMILES string of the molecule is Cc1c(Br)cccc1C(=O)NCCC(O)C(=O)O. The van der Waals surface area contributed by atoms with Gasteiger partial charge in [-0.05, 0) is 24.6 Å². The molecule has 0 heterocycles. The van der Waals surface area contributed by atoms with Gasteiger partial charge in [0, 0.05) is 23.0 Å². The molecule has 1 aromatic rings. The van der Waals surface area contributed by atoms with Gasteiger partial charge >= 0.3 is 5.97 Å². The number of hydrogen-bond acceptors (Lipinski definition) is 3. The van der Waals surface area contributed by atoms with Crippen molar-refractivity contribution in [2.45, 2.75) is 19.4 Å². The van der Waals surface area contributed by atoms with E-state index in [9.17, 15) is 9.59 Å². The van der Waals surface area contributed by atoms with Gasteiger partial charge in [0.2, 0.25) is 0 Å². The van der Waals surface area contributed by atoms with Crippen LogP contribution in [0.3, 0.4) is 0 Å². The van der Waals surface area contributed by atoms with Crippen LogP contribution < -0.4 is 5.32 Å². The van der Waals surface area contributed by atoms with Crippen molar-refractivity contribution in [1.29, 1.82) is 0 Å². The molecule has 0 aliphatic rings. The molecule has 0 bridgehead atoms. The third-order valence-electron chi connectivity index (χ3n) is 2.50. The Morgan fingerprint density at radius 2 is 2.11 bits per heavy atom. The summed E-state index contributed by atoms with van der Waals surface area (Å²) < 4.78 is 0.834. The molecule has 5 nitrogen and oxygen atoms in total. The molecular formula is C12H14BrNO4. The van der Waals surface area contributed by atoms with E-state index in [1.54, 1.807) is 12.1 Å². The maximum Gasteiger partial charge on any atom is 0.332 e. The van der Waals surface area contributed by atoms with Crippen molar-refractivity contribution in [2.75, 3.05) is 6.54 Å². The van der Waals surface area contributed by atoms with Crippen LogP contribution in [0.4, 0.5) is 0 Å². The van der Waals surface area contributed by atoms with E-state index in [1.807, 2.05) is 13.0 Å². The summed E-state index contributed by atoms with van der Waals surface area (Å²) >= 11 is 3.33. The summed E-state index contributed by atoms with van der Waals surface area (Å²) in [4.78, 5) is 22.2. The van der Waals surface area contributed by atoms with E-state index < -0.39 is 12.1 Å². The van der Waals surface area contributed by atoms with Gasteiger partial charge in [0.15, 0.2) is 6.10 Å². The van der Waals surface area contributed by atoms with Crippen LogP contribution in [0.25, 0.3) is 0 Å². The Morgan fingerprint density at radius 1 is 1.44 bits per heavy atom. The highest BCUT2D eigenvalue weighted by atomic mass is 79.9. The first kappa shape index (κ1) is 14.7. The van der Waals surface area contributed by atoms with Crippen LogP contribution >= 0.6 is 15.9 Å². The average molecular weight is 316 g/mol. The maximum atomic E-state index is 11.8. The Bertz CT molecular complexity index is 461. The number of carbonyl (C=O) groups is 2. The molecule has 0 aliphatic carbocycles. The van der Waals surface area contributed by atoms with Crippen LogP contribution in [0.15, 0.2) is 22.7 Å². The topological polar surface area (TPSA) is 86.6 Å². The number of amides is 1. The van der Waals surface area contributed by atoms with Crippen LogP contribution in [-0.2, 0) is 4.79 Å². The lowest BCUT2D eigenvalue weighted by Gasteiger charge is -2.09. The van der Waals surface area contributed by atoms with Gasteiger partial charge in [-0.15, -0.1) is 0 Å². The van der Waals surface area contributed by atoms with E-state index in [1.165, 1.54) is 0 Å². The second-order valence-electron chi connectivity index (χ2n) is 3.81. The van der Waals surface area contributed by atoms with E-state index in [2.05, 4.69) is 21.2 Å². The molecule has 1 rings (SSSR count). The second-order valence-corrected chi connectivity index (χ2v) is 4.67. The molecule has 0 radical (unpaired) electrons. The molecular weight excluding hydrogens is 302 g/mol. The molecule has 0 saturated heterocycles. The number of nitrogens with one attached hydrogen (secondary N) is 1. The van der Waals surface area contributed by atoms with Gasteiger partial charge < -0.3 is 15.5 Å². The van der Waals surface area contributed by atoms with Gasteiger partial charge in [0.25, 0.3) is 5.91 Å². The number of carbonyl (C=O) groups excluding carboxylic acids is 1. The number of carboxylic acids is 1. The lowest BCUT2D eigenvalue weighted by molar-refractivity contribution is -0.146. The highest BCUT2D eigenvalue weighted by Gasteiger charge is 2.14. The molecule has 3 N–H and O–H groups in total. The molecule has 0 aliphatic heterocycles. The fourth-order valence-corrected chi connectivity index (χ4v) is 1.76. The average Bonchev–Trinajstić information content (AvgIpc) is 2.32. The standard InChI is InChI=1S/C12H14BrNO4/c1-7-8(3-2-4-9(7)13)11(16)14-6-5-10(15)12(17)18/h2-4,10,15H,5-6H2,1H3,(H,14,16)(H,17,18).